The summed E-state index contributed by atoms with van der Waals surface area (Å²) >= 11 is 0. The van der Waals surface area contributed by atoms with Gasteiger partial charge in [0.2, 0.25) is 0 Å². The number of aromatic nitrogens is 3. The lowest BCUT2D eigenvalue weighted by Gasteiger charge is -2.31. The molecule has 1 atom stereocenters. The average Bonchev–Trinajstić information content (AvgIpc) is 3.48. The van der Waals surface area contributed by atoms with Gasteiger partial charge in [0.15, 0.2) is 0 Å². The minimum absolute atomic E-state index is 0.218. The summed E-state index contributed by atoms with van der Waals surface area (Å²) in [5.41, 5.74) is 4.42. The highest BCUT2D eigenvalue weighted by molar-refractivity contribution is 5.81. The zero-order chi connectivity index (χ0) is 25.9. The van der Waals surface area contributed by atoms with Gasteiger partial charge in [0.05, 0.1) is 43.4 Å². The number of fused-ring (bicyclic) bond motifs is 3. The number of benzene rings is 2. The van der Waals surface area contributed by atoms with Gasteiger partial charge in [-0.05, 0) is 55.8 Å². The molecule has 0 bridgehead atoms. The van der Waals surface area contributed by atoms with E-state index in [1.807, 2.05) is 84.5 Å². The molecular weight excluding hydrogens is 470 g/mol. The van der Waals surface area contributed by atoms with Gasteiger partial charge in [-0.3, -0.25) is 4.79 Å². The molecule has 5 rings (SSSR count). The predicted molar refractivity (Wildman–Crippen MR) is 138 cm³/mol. The molecule has 0 radical (unpaired) electrons. The maximum absolute atomic E-state index is 13.7. The van der Waals surface area contributed by atoms with Crippen LogP contribution in [0.4, 0.5) is 4.79 Å². The number of carbonyl (C=O) groups excluding carboxylic acids is 2. The first kappa shape index (κ1) is 24.2. The van der Waals surface area contributed by atoms with Crippen LogP contribution in [0.5, 0.6) is 5.75 Å². The molecule has 1 aliphatic heterocycles. The number of para-hydroxylation sites is 1. The SMILES string of the molecule is CCOC(=O)CNC(=O)N1Cc2c(C)nn(-c3ccccc3)c2-n2cccc2[C@@H]1c1cccc(OC)c1. The Kier molecular flexibility index (Phi) is 6.68. The molecule has 2 aromatic carbocycles. The van der Waals surface area contributed by atoms with Gasteiger partial charge >= 0.3 is 12.0 Å². The summed E-state index contributed by atoms with van der Waals surface area (Å²) in [5, 5.41) is 7.59. The van der Waals surface area contributed by atoms with Gasteiger partial charge in [-0.2, -0.15) is 5.10 Å². The van der Waals surface area contributed by atoms with Crippen molar-refractivity contribution in [3.05, 3.63) is 95.4 Å². The highest BCUT2D eigenvalue weighted by Gasteiger charge is 2.36. The van der Waals surface area contributed by atoms with E-state index in [4.69, 9.17) is 14.6 Å². The van der Waals surface area contributed by atoms with Crippen LogP contribution in [0, 0.1) is 6.92 Å². The summed E-state index contributed by atoms with van der Waals surface area (Å²) in [6.07, 6.45) is 1.99. The molecule has 2 aromatic heterocycles. The molecule has 9 heteroatoms. The number of carbonyl (C=O) groups is 2. The number of aryl methyl sites for hydroxylation is 1. The Labute approximate surface area is 215 Å². The number of hydrogen-bond acceptors (Lipinski definition) is 5. The van der Waals surface area contributed by atoms with Gasteiger partial charge < -0.3 is 24.3 Å². The Morgan fingerprint density at radius 2 is 1.89 bits per heavy atom. The van der Waals surface area contributed by atoms with Gasteiger partial charge in [0, 0.05) is 11.8 Å². The highest BCUT2D eigenvalue weighted by atomic mass is 16.5. The first-order valence-electron chi connectivity index (χ1n) is 12.2. The van der Waals surface area contributed by atoms with Crippen molar-refractivity contribution >= 4 is 12.0 Å². The van der Waals surface area contributed by atoms with Crippen LogP contribution in [0.2, 0.25) is 0 Å². The van der Waals surface area contributed by atoms with Crippen molar-refractivity contribution in [1.29, 1.82) is 0 Å². The number of esters is 1. The molecule has 0 aliphatic carbocycles. The number of urea groups is 1. The molecule has 2 amide bonds. The fourth-order valence-corrected chi connectivity index (χ4v) is 4.77. The van der Waals surface area contributed by atoms with Crippen molar-refractivity contribution in [3.8, 4) is 17.3 Å². The Hall–Kier alpha value is -4.53. The quantitative estimate of drug-likeness (QED) is 0.403. The Balaban J connectivity index is 1.66. The normalized spacial score (nSPS) is 14.4. The molecular formula is C28H29N5O4. The van der Waals surface area contributed by atoms with Crippen molar-refractivity contribution in [2.45, 2.75) is 26.4 Å². The second-order valence-electron chi connectivity index (χ2n) is 8.71. The summed E-state index contributed by atoms with van der Waals surface area (Å²) in [4.78, 5) is 27.4. The third-order valence-corrected chi connectivity index (χ3v) is 6.45. The molecule has 9 nitrogen and oxygen atoms in total. The molecule has 3 heterocycles. The fourth-order valence-electron chi connectivity index (χ4n) is 4.77. The van der Waals surface area contributed by atoms with Crippen LogP contribution < -0.4 is 10.1 Å². The van der Waals surface area contributed by atoms with Crippen LogP contribution in [0.3, 0.4) is 0 Å². The van der Waals surface area contributed by atoms with E-state index in [0.717, 1.165) is 34.0 Å². The molecule has 4 aromatic rings. The van der Waals surface area contributed by atoms with Crippen LogP contribution in [0.15, 0.2) is 72.9 Å². The Morgan fingerprint density at radius 1 is 1.08 bits per heavy atom. The van der Waals surface area contributed by atoms with E-state index < -0.39 is 12.0 Å². The van der Waals surface area contributed by atoms with E-state index in [2.05, 4.69) is 9.88 Å². The van der Waals surface area contributed by atoms with E-state index in [0.29, 0.717) is 5.75 Å². The van der Waals surface area contributed by atoms with E-state index in [-0.39, 0.29) is 25.7 Å². The van der Waals surface area contributed by atoms with Gasteiger partial charge in [-0.25, -0.2) is 9.48 Å². The largest absolute Gasteiger partial charge is 0.497 e. The molecule has 0 saturated carbocycles. The van der Waals surface area contributed by atoms with E-state index in [1.54, 1.807) is 18.9 Å². The molecule has 190 valence electrons. The first-order valence-corrected chi connectivity index (χ1v) is 12.2. The van der Waals surface area contributed by atoms with Crippen LogP contribution in [-0.2, 0) is 16.1 Å². The molecule has 0 saturated heterocycles. The predicted octanol–water partition coefficient (Wildman–Crippen LogP) is 4.16. The monoisotopic (exact) mass is 499 g/mol. The van der Waals surface area contributed by atoms with Gasteiger partial charge in [0.25, 0.3) is 0 Å². The van der Waals surface area contributed by atoms with Crippen molar-refractivity contribution in [1.82, 2.24) is 24.6 Å². The summed E-state index contributed by atoms with van der Waals surface area (Å²) in [7, 11) is 1.62. The van der Waals surface area contributed by atoms with Crippen LogP contribution >= 0.6 is 0 Å². The van der Waals surface area contributed by atoms with Gasteiger partial charge in [-0.15, -0.1) is 0 Å². The van der Waals surface area contributed by atoms with Crippen molar-refractivity contribution < 1.29 is 19.1 Å². The zero-order valence-electron chi connectivity index (χ0n) is 21.0. The molecule has 37 heavy (non-hydrogen) atoms. The van der Waals surface area contributed by atoms with Crippen LogP contribution in [-0.4, -0.2) is 51.5 Å². The molecule has 0 spiro atoms. The topological polar surface area (TPSA) is 90.6 Å². The maximum Gasteiger partial charge on any atom is 0.325 e. The smallest absolute Gasteiger partial charge is 0.325 e. The van der Waals surface area contributed by atoms with Crippen molar-refractivity contribution in [3.63, 3.8) is 0 Å². The lowest BCUT2D eigenvalue weighted by Crippen LogP contribution is -2.44. The van der Waals surface area contributed by atoms with Gasteiger partial charge in [-0.1, -0.05) is 30.3 Å². The Morgan fingerprint density at radius 3 is 2.65 bits per heavy atom. The standard InChI is InChI=1S/C28H29N5O4/c1-4-37-25(34)17-29-28(35)32-18-23-19(2)30-33(21-11-6-5-7-12-21)27(23)31-15-9-14-24(31)26(32)20-10-8-13-22(16-20)36-3/h5-16,26H,4,17-18H2,1-3H3,(H,29,35)/t26-/m0/s1. The maximum atomic E-state index is 13.7. The minimum atomic E-state index is -0.485. The number of ether oxygens (including phenoxy) is 2. The highest BCUT2D eigenvalue weighted by Crippen LogP contribution is 2.39. The lowest BCUT2D eigenvalue weighted by molar-refractivity contribution is -0.141. The lowest BCUT2D eigenvalue weighted by atomic mass is 10.0. The van der Waals surface area contributed by atoms with E-state index in [9.17, 15) is 9.59 Å². The second kappa shape index (κ2) is 10.2. The van der Waals surface area contributed by atoms with Crippen LogP contribution in [0.25, 0.3) is 11.5 Å². The van der Waals surface area contributed by atoms with E-state index >= 15 is 0 Å². The molecule has 0 unspecified atom stereocenters. The van der Waals surface area contributed by atoms with Crippen LogP contribution in [0.1, 0.15) is 35.5 Å². The number of hydrogen-bond donors (Lipinski definition) is 1. The molecule has 0 fully saturated rings. The number of methoxy groups -OCH3 is 1. The first-order chi connectivity index (χ1) is 18.0. The number of amides is 2. The number of nitrogens with one attached hydrogen (secondary N) is 1. The summed E-state index contributed by atoms with van der Waals surface area (Å²) in [6, 6.07) is 20.7. The second-order valence-corrected chi connectivity index (χ2v) is 8.71. The summed E-state index contributed by atoms with van der Waals surface area (Å²) in [5.74, 6) is 1.08. The third kappa shape index (κ3) is 4.55. The van der Waals surface area contributed by atoms with E-state index in [1.165, 1.54) is 0 Å². The Bertz CT molecular complexity index is 1430. The third-order valence-electron chi connectivity index (χ3n) is 6.45. The molecule has 1 N–H and O–H groups in total. The summed E-state index contributed by atoms with van der Waals surface area (Å²) in [6.45, 7) is 3.99. The van der Waals surface area contributed by atoms with Crippen molar-refractivity contribution in [2.75, 3.05) is 20.3 Å². The van der Waals surface area contributed by atoms with Gasteiger partial charge in [0.1, 0.15) is 18.1 Å². The zero-order valence-corrected chi connectivity index (χ0v) is 21.0. The number of nitrogens with zero attached hydrogens (tertiary/aromatic N) is 4. The summed E-state index contributed by atoms with van der Waals surface area (Å²) < 4.78 is 14.5. The fraction of sp³-hybridized carbons (Fsp3) is 0.250. The molecule has 1 aliphatic rings. The average molecular weight is 500 g/mol. The number of rotatable bonds is 6. The minimum Gasteiger partial charge on any atom is -0.497 e. The van der Waals surface area contributed by atoms with Crippen molar-refractivity contribution in [2.24, 2.45) is 0 Å².